The van der Waals surface area contributed by atoms with Crippen LogP contribution in [0.1, 0.15) is 0 Å². The average Bonchev–Trinajstić information content (AvgIpc) is 2.42. The first kappa shape index (κ1) is 20.7. The first-order valence-electron chi connectivity index (χ1n) is 5.16. The minimum atomic E-state index is -1.75. The Hall–Kier alpha value is -1.66. The molecule has 0 aliphatic heterocycles. The van der Waals surface area contributed by atoms with E-state index in [-0.39, 0.29) is 6.73 Å². The third kappa shape index (κ3) is 7.06. The molecule has 0 bridgehead atoms. The van der Waals surface area contributed by atoms with Gasteiger partial charge in [-0.05, 0) is 0 Å². The number of rotatable bonds is 7. The molecule has 20 heavy (non-hydrogen) atoms. The van der Waals surface area contributed by atoms with Gasteiger partial charge in [-0.1, -0.05) is 0 Å². The summed E-state index contributed by atoms with van der Waals surface area (Å²) in [6.45, 7) is 0.176. The average molecular weight is 298 g/mol. The van der Waals surface area contributed by atoms with Crippen LogP contribution in [0.2, 0.25) is 0 Å². The van der Waals surface area contributed by atoms with Crippen LogP contribution >= 0.6 is 0 Å². The summed E-state index contributed by atoms with van der Waals surface area (Å²) in [4.78, 5) is 25.3. The Labute approximate surface area is 116 Å². The van der Waals surface area contributed by atoms with Crippen molar-refractivity contribution in [2.24, 2.45) is 11.5 Å². The van der Waals surface area contributed by atoms with Crippen molar-refractivity contribution in [1.29, 1.82) is 0 Å². The van der Waals surface area contributed by atoms with E-state index in [0.29, 0.717) is 5.06 Å². The van der Waals surface area contributed by atoms with Gasteiger partial charge >= 0.3 is 18.2 Å². The predicted molar refractivity (Wildman–Crippen MR) is 66.8 cm³/mol. The minimum Gasteiger partial charge on any atom is -0.364 e. The Morgan fingerprint density at radius 3 is 1.60 bits per heavy atom. The number of amides is 4. The van der Waals surface area contributed by atoms with Gasteiger partial charge in [0.25, 0.3) is 0 Å². The highest BCUT2D eigenvalue weighted by molar-refractivity contribution is 5.71. The van der Waals surface area contributed by atoms with Crippen LogP contribution in [-0.2, 0) is 23.8 Å². The second-order valence-electron chi connectivity index (χ2n) is 2.93. The molecule has 0 fully saturated rings. The van der Waals surface area contributed by atoms with E-state index in [2.05, 4.69) is 20.6 Å². The highest BCUT2D eigenvalue weighted by atomic mass is 16.9. The summed E-state index contributed by atoms with van der Waals surface area (Å²) in [6, 6.07) is -1.46. The van der Waals surface area contributed by atoms with Crippen LogP contribution in [0.15, 0.2) is 0 Å². The van der Waals surface area contributed by atoms with Crippen LogP contribution in [0.25, 0.3) is 0 Å². The van der Waals surface area contributed by atoms with Crippen molar-refractivity contribution in [3.63, 3.8) is 0 Å². The third-order valence-electron chi connectivity index (χ3n) is 1.80. The highest BCUT2D eigenvalue weighted by Crippen LogP contribution is 2.17. The van der Waals surface area contributed by atoms with Gasteiger partial charge in [0.05, 0.1) is 7.11 Å². The Morgan fingerprint density at radius 2 is 1.50 bits per heavy atom. The molecule has 0 unspecified atom stereocenters. The summed E-state index contributed by atoms with van der Waals surface area (Å²) in [5.74, 6) is 0. The van der Waals surface area contributed by atoms with Gasteiger partial charge in [-0.3, -0.25) is 4.84 Å². The molecule has 0 rings (SSSR count). The van der Waals surface area contributed by atoms with Crippen LogP contribution in [-0.4, -0.2) is 65.5 Å². The second-order valence-corrected chi connectivity index (χ2v) is 2.93. The first-order chi connectivity index (χ1) is 9.34. The predicted octanol–water partition coefficient (Wildman–Crippen LogP) is -1.26. The topological polar surface area (TPSA) is 148 Å². The Balaban J connectivity index is 0. The zero-order valence-electron chi connectivity index (χ0n) is 12.2. The minimum absolute atomic E-state index is 0.176. The van der Waals surface area contributed by atoms with Gasteiger partial charge in [0.2, 0.25) is 0 Å². The molecule has 0 aromatic heterocycles. The number of methoxy groups -OCH3 is 4. The molecular formula is C9H22N4O7. The van der Waals surface area contributed by atoms with Crippen LogP contribution < -0.4 is 16.8 Å². The molecular weight excluding hydrogens is 276 g/mol. The van der Waals surface area contributed by atoms with Crippen molar-refractivity contribution in [3.8, 4) is 0 Å². The molecule has 0 atom stereocenters. The quantitative estimate of drug-likeness (QED) is 0.392. The van der Waals surface area contributed by atoms with Crippen molar-refractivity contribution < 1.29 is 33.4 Å². The van der Waals surface area contributed by atoms with Crippen LogP contribution in [0.3, 0.4) is 0 Å². The molecule has 0 aliphatic rings. The standard InChI is InChI=1S/C6H14N2O5.C3H8N2O2/c1-10-6(11-2,12-3)8(13-4)5(7)9;1-7-2-5-3(4)6/h1-4H3,(H2,7,9);2H2,1H3,(H3,4,5,6). The number of carbonyl (C=O) groups excluding carboxylic acids is 2. The molecule has 0 heterocycles. The number of hydrogen-bond donors (Lipinski definition) is 3. The summed E-state index contributed by atoms with van der Waals surface area (Å²) in [7, 11) is 6.54. The fourth-order valence-corrected chi connectivity index (χ4v) is 0.979. The lowest BCUT2D eigenvalue weighted by molar-refractivity contribution is -0.466. The number of carbonyl (C=O) groups is 2. The van der Waals surface area contributed by atoms with Gasteiger partial charge in [-0.25, -0.2) is 9.59 Å². The number of hydroxylamine groups is 2. The Kier molecular flexibility index (Phi) is 11.6. The number of nitrogens with zero attached hydrogens (tertiary/aromatic N) is 1. The van der Waals surface area contributed by atoms with Gasteiger partial charge in [-0.15, -0.1) is 5.06 Å². The lowest BCUT2D eigenvalue weighted by Crippen LogP contribution is -2.57. The maximum absolute atomic E-state index is 10.8. The smallest absolute Gasteiger partial charge is 0.364 e. The molecule has 0 saturated carbocycles. The van der Waals surface area contributed by atoms with Crippen LogP contribution in [0.5, 0.6) is 0 Å². The van der Waals surface area contributed by atoms with Gasteiger partial charge in [0, 0.05) is 28.4 Å². The van der Waals surface area contributed by atoms with E-state index in [1.165, 1.54) is 35.5 Å². The molecule has 120 valence electrons. The zero-order valence-corrected chi connectivity index (χ0v) is 12.2. The van der Waals surface area contributed by atoms with Crippen molar-refractivity contribution in [1.82, 2.24) is 10.4 Å². The molecule has 11 nitrogen and oxygen atoms in total. The molecule has 4 amide bonds. The first-order valence-corrected chi connectivity index (χ1v) is 5.16. The summed E-state index contributed by atoms with van der Waals surface area (Å²) < 4.78 is 18.9. The Morgan fingerprint density at radius 1 is 1.05 bits per heavy atom. The highest BCUT2D eigenvalue weighted by Gasteiger charge is 2.42. The lowest BCUT2D eigenvalue weighted by atomic mass is 10.8. The fraction of sp³-hybridized carbons (Fsp3) is 0.778. The SMILES string of the molecule is COCNC(N)=O.CON(C(N)=O)C(OC)(OC)OC. The summed E-state index contributed by atoms with van der Waals surface area (Å²) in [5, 5.41) is 2.83. The molecule has 0 aliphatic carbocycles. The monoisotopic (exact) mass is 298 g/mol. The van der Waals surface area contributed by atoms with Crippen molar-refractivity contribution in [2.45, 2.75) is 6.10 Å². The third-order valence-corrected chi connectivity index (χ3v) is 1.80. The maximum atomic E-state index is 10.8. The van der Waals surface area contributed by atoms with E-state index in [1.807, 2.05) is 0 Å². The molecule has 0 aromatic carbocycles. The molecule has 11 heteroatoms. The van der Waals surface area contributed by atoms with Crippen molar-refractivity contribution in [3.05, 3.63) is 0 Å². The molecule has 0 radical (unpaired) electrons. The van der Waals surface area contributed by atoms with E-state index in [4.69, 9.17) is 19.9 Å². The Bertz CT molecular complexity index is 277. The van der Waals surface area contributed by atoms with Crippen LogP contribution in [0, 0.1) is 0 Å². The van der Waals surface area contributed by atoms with E-state index < -0.39 is 18.2 Å². The fourth-order valence-electron chi connectivity index (χ4n) is 0.979. The van der Waals surface area contributed by atoms with Crippen molar-refractivity contribution >= 4 is 12.1 Å². The van der Waals surface area contributed by atoms with Gasteiger partial charge in [-0.2, -0.15) is 0 Å². The number of primary amides is 2. The molecule has 0 aromatic rings. The normalized spacial score (nSPS) is 10.2. The molecule has 0 saturated heterocycles. The van der Waals surface area contributed by atoms with E-state index in [1.54, 1.807) is 0 Å². The van der Waals surface area contributed by atoms with Gasteiger partial charge in [0.1, 0.15) is 6.73 Å². The van der Waals surface area contributed by atoms with E-state index in [9.17, 15) is 9.59 Å². The van der Waals surface area contributed by atoms with Crippen molar-refractivity contribution in [2.75, 3.05) is 42.3 Å². The maximum Gasteiger partial charge on any atom is 0.403 e. The number of hydrogen-bond acceptors (Lipinski definition) is 7. The largest absolute Gasteiger partial charge is 0.403 e. The number of nitrogens with one attached hydrogen (secondary N) is 1. The summed E-state index contributed by atoms with van der Waals surface area (Å²) in [5.41, 5.74) is 9.63. The molecule has 5 N–H and O–H groups in total. The number of ether oxygens (including phenoxy) is 4. The zero-order chi connectivity index (χ0) is 16.2. The summed E-state index contributed by atoms with van der Waals surface area (Å²) >= 11 is 0. The summed E-state index contributed by atoms with van der Waals surface area (Å²) in [6.07, 6.45) is -1.75. The van der Waals surface area contributed by atoms with Gasteiger partial charge in [0.15, 0.2) is 0 Å². The molecule has 0 spiro atoms. The van der Waals surface area contributed by atoms with Gasteiger partial charge < -0.3 is 35.7 Å². The number of urea groups is 2. The van der Waals surface area contributed by atoms with Crippen LogP contribution in [0.4, 0.5) is 9.59 Å². The number of nitrogens with two attached hydrogens (primary N) is 2. The van der Waals surface area contributed by atoms with E-state index >= 15 is 0 Å². The van der Waals surface area contributed by atoms with E-state index in [0.717, 1.165) is 0 Å². The second kappa shape index (κ2) is 11.2. The lowest BCUT2D eigenvalue weighted by Gasteiger charge is -2.35.